The quantitative estimate of drug-likeness (QED) is 0.615. The average molecular weight is 314 g/mol. The van der Waals surface area contributed by atoms with Gasteiger partial charge in [0.2, 0.25) is 0 Å². The van der Waals surface area contributed by atoms with Crippen LogP contribution in [0.1, 0.15) is 5.56 Å². The fourth-order valence-corrected chi connectivity index (χ4v) is 4.31. The van der Waals surface area contributed by atoms with E-state index < -0.39 is 28.0 Å². The van der Waals surface area contributed by atoms with Gasteiger partial charge in [0.05, 0.1) is 30.2 Å². The summed E-state index contributed by atoms with van der Waals surface area (Å²) in [4.78, 5) is 12.5. The number of nitrogens with two attached hydrogens (primary N) is 1. The Morgan fingerprint density at radius 2 is 1.90 bits per heavy atom. The van der Waals surface area contributed by atoms with Crippen LogP contribution in [0.25, 0.3) is 0 Å². The van der Waals surface area contributed by atoms with Crippen LogP contribution in [0, 0.1) is 0 Å². The van der Waals surface area contributed by atoms with Gasteiger partial charge in [0, 0.05) is 12.2 Å². The first-order valence-electron chi connectivity index (χ1n) is 6.45. The SMILES string of the molecule is Nc1ccc(CN(CC(=O)O)[C@@H]2CS(=O)(=O)C[C@@H]2O)cc1. The predicted octanol–water partition coefficient (Wildman–Crippen LogP) is -0.687. The zero-order valence-corrected chi connectivity index (χ0v) is 12.2. The number of aliphatic hydroxyl groups is 1. The highest BCUT2D eigenvalue weighted by Crippen LogP contribution is 2.21. The van der Waals surface area contributed by atoms with Crippen molar-refractivity contribution in [3.05, 3.63) is 29.8 Å². The lowest BCUT2D eigenvalue weighted by Crippen LogP contribution is -2.45. The fraction of sp³-hybridized carbons (Fsp3) is 0.462. The number of rotatable bonds is 5. The summed E-state index contributed by atoms with van der Waals surface area (Å²) in [7, 11) is -3.33. The van der Waals surface area contributed by atoms with Gasteiger partial charge >= 0.3 is 5.97 Å². The fourth-order valence-electron chi connectivity index (χ4n) is 2.48. The van der Waals surface area contributed by atoms with Crippen molar-refractivity contribution < 1.29 is 23.4 Å². The number of anilines is 1. The molecule has 0 radical (unpaired) electrons. The standard InChI is InChI=1S/C13H18N2O5S/c14-10-3-1-9(2-4-10)5-15(6-13(17)18)11-7-21(19,20)8-12(11)16/h1-4,11-12,16H,5-8,14H2,(H,17,18)/t11-,12+/m1/s1. The van der Waals surface area contributed by atoms with Gasteiger partial charge in [0.1, 0.15) is 0 Å². The van der Waals surface area contributed by atoms with Crippen molar-refractivity contribution in [2.75, 3.05) is 23.8 Å². The highest BCUT2D eigenvalue weighted by Gasteiger charge is 2.40. The molecular formula is C13H18N2O5S. The van der Waals surface area contributed by atoms with Crippen molar-refractivity contribution in [2.45, 2.75) is 18.7 Å². The van der Waals surface area contributed by atoms with E-state index in [1.807, 2.05) is 0 Å². The maximum atomic E-state index is 11.6. The molecule has 1 heterocycles. The second kappa shape index (κ2) is 6.00. The molecule has 0 aliphatic carbocycles. The summed E-state index contributed by atoms with van der Waals surface area (Å²) >= 11 is 0. The number of sulfone groups is 1. The second-order valence-electron chi connectivity index (χ2n) is 5.25. The lowest BCUT2D eigenvalue weighted by molar-refractivity contribution is -0.139. The Labute approximate surface area is 122 Å². The van der Waals surface area contributed by atoms with Gasteiger partial charge in [-0.05, 0) is 17.7 Å². The van der Waals surface area contributed by atoms with E-state index in [9.17, 15) is 18.3 Å². The third kappa shape index (κ3) is 4.16. The molecule has 0 bridgehead atoms. The van der Waals surface area contributed by atoms with Crippen molar-refractivity contribution in [1.29, 1.82) is 0 Å². The van der Waals surface area contributed by atoms with Gasteiger partial charge in [0.25, 0.3) is 0 Å². The van der Waals surface area contributed by atoms with Gasteiger partial charge < -0.3 is 15.9 Å². The molecule has 1 aliphatic rings. The molecule has 2 atom stereocenters. The number of hydrogen-bond donors (Lipinski definition) is 3. The van der Waals surface area contributed by atoms with Crippen LogP contribution in [0.5, 0.6) is 0 Å². The number of nitrogen functional groups attached to an aromatic ring is 1. The second-order valence-corrected chi connectivity index (χ2v) is 7.41. The van der Waals surface area contributed by atoms with Crippen LogP contribution in [-0.2, 0) is 21.2 Å². The Kier molecular flexibility index (Phi) is 4.50. The number of aliphatic hydroxyl groups excluding tert-OH is 1. The number of nitrogens with zero attached hydrogens (tertiary/aromatic N) is 1. The third-order valence-corrected chi connectivity index (χ3v) is 5.17. The topological polar surface area (TPSA) is 121 Å². The van der Waals surface area contributed by atoms with E-state index in [0.29, 0.717) is 5.69 Å². The van der Waals surface area contributed by atoms with Crippen molar-refractivity contribution in [2.24, 2.45) is 0 Å². The molecule has 1 saturated heterocycles. The van der Waals surface area contributed by atoms with Crippen LogP contribution in [0.4, 0.5) is 5.69 Å². The van der Waals surface area contributed by atoms with Crippen molar-refractivity contribution >= 4 is 21.5 Å². The van der Waals surface area contributed by atoms with Crippen molar-refractivity contribution in [1.82, 2.24) is 4.90 Å². The van der Waals surface area contributed by atoms with Gasteiger partial charge in [-0.3, -0.25) is 9.69 Å². The van der Waals surface area contributed by atoms with E-state index in [4.69, 9.17) is 10.8 Å². The van der Waals surface area contributed by atoms with E-state index in [1.165, 1.54) is 4.90 Å². The predicted molar refractivity (Wildman–Crippen MR) is 77.3 cm³/mol. The summed E-state index contributed by atoms with van der Waals surface area (Å²) in [6, 6.07) is 6.18. The molecule has 1 aromatic carbocycles. The Bertz CT molecular complexity index is 614. The lowest BCUT2D eigenvalue weighted by Gasteiger charge is -2.28. The minimum Gasteiger partial charge on any atom is -0.480 e. The molecule has 8 heteroatoms. The Balaban J connectivity index is 2.18. The monoisotopic (exact) mass is 314 g/mol. The Morgan fingerprint density at radius 3 is 2.38 bits per heavy atom. The minimum absolute atomic E-state index is 0.226. The van der Waals surface area contributed by atoms with E-state index in [-0.39, 0.29) is 24.6 Å². The first-order chi connectivity index (χ1) is 9.77. The van der Waals surface area contributed by atoms with Gasteiger partial charge in [-0.2, -0.15) is 0 Å². The molecule has 7 nitrogen and oxygen atoms in total. The molecular weight excluding hydrogens is 296 g/mol. The number of carbonyl (C=O) groups is 1. The molecule has 0 aromatic heterocycles. The van der Waals surface area contributed by atoms with Crippen LogP contribution in [0.15, 0.2) is 24.3 Å². The molecule has 0 saturated carbocycles. The summed E-state index contributed by atoms with van der Waals surface area (Å²) in [5.41, 5.74) is 6.99. The maximum absolute atomic E-state index is 11.6. The number of carboxylic acid groups (broad SMARTS) is 1. The molecule has 1 aromatic rings. The lowest BCUT2D eigenvalue weighted by atomic mass is 10.1. The summed E-state index contributed by atoms with van der Waals surface area (Å²) < 4.78 is 23.2. The normalized spacial score (nSPS) is 24.3. The van der Waals surface area contributed by atoms with E-state index in [0.717, 1.165) is 5.56 Å². The van der Waals surface area contributed by atoms with Gasteiger partial charge in [0.15, 0.2) is 9.84 Å². The molecule has 21 heavy (non-hydrogen) atoms. The average Bonchev–Trinajstić information content (AvgIpc) is 2.64. The summed E-state index contributed by atoms with van der Waals surface area (Å²) in [5.74, 6) is -1.62. The molecule has 0 unspecified atom stereocenters. The zero-order chi connectivity index (χ0) is 15.6. The zero-order valence-electron chi connectivity index (χ0n) is 11.3. The van der Waals surface area contributed by atoms with Gasteiger partial charge in [-0.1, -0.05) is 12.1 Å². The first kappa shape index (κ1) is 15.7. The largest absolute Gasteiger partial charge is 0.480 e. The van der Waals surface area contributed by atoms with Gasteiger partial charge in [-0.15, -0.1) is 0 Å². The number of hydrogen-bond acceptors (Lipinski definition) is 6. The van der Waals surface area contributed by atoms with Crippen LogP contribution < -0.4 is 5.73 Å². The van der Waals surface area contributed by atoms with Crippen molar-refractivity contribution in [3.8, 4) is 0 Å². The first-order valence-corrected chi connectivity index (χ1v) is 8.28. The van der Waals surface area contributed by atoms with Crippen molar-refractivity contribution in [3.63, 3.8) is 0 Å². The number of carboxylic acids is 1. The van der Waals surface area contributed by atoms with Gasteiger partial charge in [-0.25, -0.2) is 8.42 Å². The molecule has 1 aliphatic heterocycles. The molecule has 0 spiro atoms. The molecule has 116 valence electrons. The molecule has 2 rings (SSSR count). The van der Waals surface area contributed by atoms with Crippen LogP contribution >= 0.6 is 0 Å². The molecule has 4 N–H and O–H groups in total. The highest BCUT2D eigenvalue weighted by molar-refractivity contribution is 7.91. The Hall–Kier alpha value is -1.64. The third-order valence-electron chi connectivity index (χ3n) is 3.47. The van der Waals surface area contributed by atoms with Crippen LogP contribution in [-0.4, -0.2) is 59.7 Å². The maximum Gasteiger partial charge on any atom is 0.317 e. The van der Waals surface area contributed by atoms with E-state index in [2.05, 4.69) is 0 Å². The van der Waals surface area contributed by atoms with Crippen LogP contribution in [0.3, 0.4) is 0 Å². The summed E-state index contributed by atoms with van der Waals surface area (Å²) in [5, 5.41) is 18.9. The molecule has 1 fully saturated rings. The Morgan fingerprint density at radius 1 is 1.29 bits per heavy atom. The minimum atomic E-state index is -3.33. The van der Waals surface area contributed by atoms with E-state index >= 15 is 0 Å². The molecule has 0 amide bonds. The number of benzene rings is 1. The van der Waals surface area contributed by atoms with E-state index in [1.54, 1.807) is 24.3 Å². The number of aliphatic carboxylic acids is 1. The summed E-state index contributed by atoms with van der Waals surface area (Å²) in [6.45, 7) is -0.0918. The smallest absolute Gasteiger partial charge is 0.317 e. The summed E-state index contributed by atoms with van der Waals surface area (Å²) in [6.07, 6.45) is -1.07. The highest BCUT2D eigenvalue weighted by atomic mass is 32.2. The van der Waals surface area contributed by atoms with Crippen LogP contribution in [0.2, 0.25) is 0 Å².